The van der Waals surface area contributed by atoms with Gasteiger partial charge in [0.25, 0.3) is 0 Å². The average Bonchev–Trinajstić information content (AvgIpc) is 2.43. The van der Waals surface area contributed by atoms with E-state index in [1.807, 2.05) is 37.3 Å². The third-order valence-electron chi connectivity index (χ3n) is 2.94. The second-order valence-corrected chi connectivity index (χ2v) is 4.31. The van der Waals surface area contributed by atoms with Crippen molar-refractivity contribution in [2.75, 3.05) is 5.73 Å². The Labute approximate surface area is 110 Å². The maximum absolute atomic E-state index is 5.85. The largest absolute Gasteiger partial charge is 0.438 e. The first-order valence-electron chi connectivity index (χ1n) is 5.98. The van der Waals surface area contributed by atoms with Gasteiger partial charge in [0.1, 0.15) is 5.75 Å². The molecule has 0 bridgehead atoms. The maximum atomic E-state index is 5.85. The number of nitrogens with zero attached hydrogens (tertiary/aromatic N) is 2. The van der Waals surface area contributed by atoms with Crippen molar-refractivity contribution in [3.8, 4) is 11.6 Å². The summed E-state index contributed by atoms with van der Waals surface area (Å²) in [5.41, 5.74) is 8.35. The zero-order chi connectivity index (χ0) is 13.2. The third kappa shape index (κ3) is 2.20. The molecule has 4 nitrogen and oxygen atoms in total. The highest BCUT2D eigenvalue weighted by Gasteiger charge is 2.05. The van der Waals surface area contributed by atoms with Crippen molar-refractivity contribution >= 4 is 16.6 Å². The number of pyridine rings is 2. The molecule has 0 aliphatic rings. The normalized spacial score (nSPS) is 10.6. The van der Waals surface area contributed by atoms with Crippen molar-refractivity contribution in [2.45, 2.75) is 6.92 Å². The molecule has 0 atom stereocenters. The molecule has 0 unspecified atom stereocenters. The standard InChI is InChI=1S/C15H13N3O/c1-10-9-18-15(8-12(10)16)19-14-6-2-5-13-11(14)4-3-7-17-13/h2-9H,1H3,(H2,16,18). The Bertz CT molecular complexity index is 735. The van der Waals surface area contributed by atoms with Gasteiger partial charge >= 0.3 is 0 Å². The van der Waals surface area contributed by atoms with Crippen molar-refractivity contribution in [3.05, 3.63) is 54.4 Å². The molecule has 0 fully saturated rings. The van der Waals surface area contributed by atoms with Crippen LogP contribution < -0.4 is 10.5 Å². The first-order chi connectivity index (χ1) is 9.24. The SMILES string of the molecule is Cc1cnc(Oc2cccc3ncccc23)cc1N. The Morgan fingerprint density at radius 3 is 2.84 bits per heavy atom. The summed E-state index contributed by atoms with van der Waals surface area (Å²) in [7, 11) is 0. The molecule has 1 aromatic carbocycles. The molecule has 3 rings (SSSR count). The van der Waals surface area contributed by atoms with E-state index in [1.165, 1.54) is 0 Å². The number of aromatic nitrogens is 2. The molecule has 0 saturated carbocycles. The Kier molecular flexibility index (Phi) is 2.76. The zero-order valence-electron chi connectivity index (χ0n) is 10.5. The van der Waals surface area contributed by atoms with E-state index in [1.54, 1.807) is 18.5 Å². The minimum Gasteiger partial charge on any atom is -0.438 e. The fourth-order valence-corrected chi connectivity index (χ4v) is 1.85. The molecule has 94 valence electrons. The van der Waals surface area contributed by atoms with Crippen LogP contribution in [0.4, 0.5) is 5.69 Å². The smallest absolute Gasteiger partial charge is 0.221 e. The number of nitrogens with two attached hydrogens (primary N) is 1. The summed E-state index contributed by atoms with van der Waals surface area (Å²) in [6.07, 6.45) is 3.46. The van der Waals surface area contributed by atoms with Crippen molar-refractivity contribution in [1.82, 2.24) is 9.97 Å². The fourth-order valence-electron chi connectivity index (χ4n) is 1.85. The van der Waals surface area contributed by atoms with Gasteiger partial charge in [-0.05, 0) is 36.8 Å². The number of fused-ring (bicyclic) bond motifs is 1. The first kappa shape index (κ1) is 11.5. The second kappa shape index (κ2) is 4.57. The number of rotatable bonds is 2. The van der Waals surface area contributed by atoms with Crippen LogP contribution in [-0.4, -0.2) is 9.97 Å². The number of nitrogen functional groups attached to an aromatic ring is 1. The first-order valence-corrected chi connectivity index (χ1v) is 5.98. The highest BCUT2D eigenvalue weighted by molar-refractivity contribution is 5.85. The van der Waals surface area contributed by atoms with Gasteiger partial charge in [0.2, 0.25) is 5.88 Å². The molecule has 0 radical (unpaired) electrons. The minimum absolute atomic E-state index is 0.486. The Morgan fingerprint density at radius 1 is 1.11 bits per heavy atom. The number of aryl methyl sites for hydroxylation is 1. The summed E-state index contributed by atoms with van der Waals surface area (Å²) in [5.74, 6) is 1.21. The van der Waals surface area contributed by atoms with Gasteiger partial charge in [0.05, 0.1) is 5.52 Å². The third-order valence-corrected chi connectivity index (χ3v) is 2.94. The fraction of sp³-hybridized carbons (Fsp3) is 0.0667. The van der Waals surface area contributed by atoms with Crippen molar-refractivity contribution in [3.63, 3.8) is 0 Å². The predicted octanol–water partition coefficient (Wildman–Crippen LogP) is 3.31. The van der Waals surface area contributed by atoms with Crippen LogP contribution in [0.5, 0.6) is 11.6 Å². The van der Waals surface area contributed by atoms with E-state index in [2.05, 4.69) is 9.97 Å². The minimum atomic E-state index is 0.486. The number of benzene rings is 1. The van der Waals surface area contributed by atoms with Gasteiger partial charge < -0.3 is 10.5 Å². The molecule has 0 amide bonds. The molecular weight excluding hydrogens is 238 g/mol. The zero-order valence-corrected chi connectivity index (χ0v) is 10.5. The van der Waals surface area contributed by atoms with E-state index in [-0.39, 0.29) is 0 Å². The molecule has 0 spiro atoms. The van der Waals surface area contributed by atoms with Crippen LogP contribution in [0.3, 0.4) is 0 Å². The van der Waals surface area contributed by atoms with Gasteiger partial charge in [-0.3, -0.25) is 4.98 Å². The van der Waals surface area contributed by atoms with Crippen LogP contribution >= 0.6 is 0 Å². The van der Waals surface area contributed by atoms with Gasteiger partial charge in [0.15, 0.2) is 0 Å². The van der Waals surface area contributed by atoms with Crippen LogP contribution in [0.1, 0.15) is 5.56 Å². The maximum Gasteiger partial charge on any atom is 0.221 e. The van der Waals surface area contributed by atoms with E-state index in [0.717, 1.165) is 22.2 Å². The Hall–Kier alpha value is -2.62. The summed E-state index contributed by atoms with van der Waals surface area (Å²) in [6, 6.07) is 11.3. The Morgan fingerprint density at radius 2 is 2.00 bits per heavy atom. The molecule has 2 N–H and O–H groups in total. The molecule has 19 heavy (non-hydrogen) atoms. The van der Waals surface area contributed by atoms with Gasteiger partial charge in [-0.15, -0.1) is 0 Å². The summed E-state index contributed by atoms with van der Waals surface area (Å²) in [4.78, 5) is 8.51. The topological polar surface area (TPSA) is 61.0 Å². The van der Waals surface area contributed by atoms with Crippen LogP contribution in [0.15, 0.2) is 48.8 Å². The molecular formula is C15H13N3O. The van der Waals surface area contributed by atoms with Gasteiger partial charge in [0, 0.05) is 29.5 Å². The quantitative estimate of drug-likeness (QED) is 0.759. The van der Waals surface area contributed by atoms with E-state index in [0.29, 0.717) is 11.6 Å². The molecule has 0 saturated heterocycles. The van der Waals surface area contributed by atoms with Gasteiger partial charge in [-0.1, -0.05) is 6.07 Å². The van der Waals surface area contributed by atoms with E-state index < -0.39 is 0 Å². The molecule has 2 heterocycles. The predicted molar refractivity (Wildman–Crippen MR) is 75.2 cm³/mol. The lowest BCUT2D eigenvalue weighted by molar-refractivity contribution is 0.468. The van der Waals surface area contributed by atoms with Crippen molar-refractivity contribution < 1.29 is 4.74 Å². The molecule has 2 aromatic heterocycles. The average molecular weight is 251 g/mol. The number of hydrogen-bond donors (Lipinski definition) is 1. The monoisotopic (exact) mass is 251 g/mol. The summed E-state index contributed by atoms with van der Waals surface area (Å²) in [6.45, 7) is 1.91. The van der Waals surface area contributed by atoms with E-state index in [4.69, 9.17) is 10.5 Å². The van der Waals surface area contributed by atoms with Crippen LogP contribution in [0.25, 0.3) is 10.9 Å². The number of hydrogen-bond acceptors (Lipinski definition) is 4. The highest BCUT2D eigenvalue weighted by Crippen LogP contribution is 2.28. The van der Waals surface area contributed by atoms with Gasteiger partial charge in [-0.2, -0.15) is 0 Å². The van der Waals surface area contributed by atoms with E-state index >= 15 is 0 Å². The summed E-state index contributed by atoms with van der Waals surface area (Å²) < 4.78 is 5.80. The second-order valence-electron chi connectivity index (χ2n) is 4.31. The Balaban J connectivity index is 2.03. The van der Waals surface area contributed by atoms with Crippen molar-refractivity contribution in [2.24, 2.45) is 0 Å². The lowest BCUT2D eigenvalue weighted by Crippen LogP contribution is -1.94. The van der Waals surface area contributed by atoms with Crippen molar-refractivity contribution in [1.29, 1.82) is 0 Å². The lowest BCUT2D eigenvalue weighted by Gasteiger charge is -2.08. The van der Waals surface area contributed by atoms with Gasteiger partial charge in [-0.25, -0.2) is 4.98 Å². The highest BCUT2D eigenvalue weighted by atomic mass is 16.5. The van der Waals surface area contributed by atoms with Crippen LogP contribution in [-0.2, 0) is 0 Å². The lowest BCUT2D eigenvalue weighted by atomic mass is 10.2. The molecule has 0 aliphatic heterocycles. The van der Waals surface area contributed by atoms with E-state index in [9.17, 15) is 0 Å². The number of ether oxygens (including phenoxy) is 1. The molecule has 4 heteroatoms. The van der Waals surface area contributed by atoms with Crippen LogP contribution in [0, 0.1) is 6.92 Å². The van der Waals surface area contributed by atoms with Crippen LogP contribution in [0.2, 0.25) is 0 Å². The molecule has 0 aliphatic carbocycles. The number of anilines is 1. The summed E-state index contributed by atoms with van der Waals surface area (Å²) >= 11 is 0. The summed E-state index contributed by atoms with van der Waals surface area (Å²) in [5, 5.41) is 0.950. The molecule has 3 aromatic rings.